The van der Waals surface area contributed by atoms with Gasteiger partial charge in [0, 0.05) is 18.1 Å². The SMILES string of the molecule is CC1CCN(Cc2cccc3cccnc23)CC1. The van der Waals surface area contributed by atoms with Crippen molar-refractivity contribution in [2.75, 3.05) is 13.1 Å². The molecule has 3 rings (SSSR count). The van der Waals surface area contributed by atoms with Gasteiger partial charge in [-0.1, -0.05) is 31.2 Å². The van der Waals surface area contributed by atoms with Gasteiger partial charge in [0.2, 0.25) is 0 Å². The molecule has 0 aliphatic carbocycles. The number of benzene rings is 1. The Hall–Kier alpha value is -1.41. The molecule has 1 aromatic carbocycles. The largest absolute Gasteiger partial charge is 0.299 e. The van der Waals surface area contributed by atoms with E-state index in [1.165, 1.54) is 42.4 Å². The van der Waals surface area contributed by atoms with E-state index in [0.29, 0.717) is 0 Å². The fourth-order valence-corrected chi connectivity index (χ4v) is 2.76. The standard InChI is InChI=1S/C16H20N2/c1-13-7-10-18(11-8-13)12-15-5-2-4-14-6-3-9-17-16(14)15/h2-6,9,13H,7-8,10-12H2,1H3. The summed E-state index contributed by atoms with van der Waals surface area (Å²) in [6.07, 6.45) is 4.56. The lowest BCUT2D eigenvalue weighted by Gasteiger charge is -2.30. The molecule has 2 heterocycles. The molecule has 0 spiro atoms. The highest BCUT2D eigenvalue weighted by atomic mass is 15.1. The smallest absolute Gasteiger partial charge is 0.0746 e. The summed E-state index contributed by atoms with van der Waals surface area (Å²) in [5.41, 5.74) is 2.53. The first-order chi connectivity index (χ1) is 8.83. The predicted molar refractivity (Wildman–Crippen MR) is 75.4 cm³/mol. The van der Waals surface area contributed by atoms with Gasteiger partial charge in [-0.25, -0.2) is 0 Å². The van der Waals surface area contributed by atoms with E-state index < -0.39 is 0 Å². The molecule has 0 bridgehead atoms. The molecule has 2 nitrogen and oxygen atoms in total. The molecule has 18 heavy (non-hydrogen) atoms. The van der Waals surface area contributed by atoms with Crippen molar-refractivity contribution < 1.29 is 0 Å². The first-order valence-corrected chi connectivity index (χ1v) is 6.88. The van der Waals surface area contributed by atoms with E-state index in [0.717, 1.165) is 12.5 Å². The molecule has 2 heteroatoms. The third kappa shape index (κ3) is 2.39. The van der Waals surface area contributed by atoms with Crippen LogP contribution in [0.1, 0.15) is 25.3 Å². The summed E-state index contributed by atoms with van der Waals surface area (Å²) in [5, 5.41) is 1.25. The van der Waals surface area contributed by atoms with Crippen LogP contribution in [0.15, 0.2) is 36.5 Å². The number of rotatable bonds is 2. The van der Waals surface area contributed by atoms with E-state index in [2.05, 4.69) is 41.1 Å². The Morgan fingerprint density at radius 1 is 1.17 bits per heavy atom. The number of hydrogen-bond acceptors (Lipinski definition) is 2. The van der Waals surface area contributed by atoms with Crippen molar-refractivity contribution in [1.82, 2.24) is 9.88 Å². The van der Waals surface area contributed by atoms with Crippen LogP contribution in [0.25, 0.3) is 10.9 Å². The fourth-order valence-electron chi connectivity index (χ4n) is 2.76. The van der Waals surface area contributed by atoms with Gasteiger partial charge in [-0.2, -0.15) is 0 Å². The number of nitrogens with zero attached hydrogens (tertiary/aromatic N) is 2. The highest BCUT2D eigenvalue weighted by Crippen LogP contribution is 2.21. The molecular formula is C16H20N2. The van der Waals surface area contributed by atoms with E-state index in [1.54, 1.807) is 0 Å². The summed E-state index contributed by atoms with van der Waals surface area (Å²) in [5.74, 6) is 0.895. The Labute approximate surface area is 109 Å². The molecule has 1 aliphatic rings. The zero-order valence-electron chi connectivity index (χ0n) is 11.0. The van der Waals surface area contributed by atoms with Crippen molar-refractivity contribution in [2.45, 2.75) is 26.3 Å². The van der Waals surface area contributed by atoms with Crippen LogP contribution in [0, 0.1) is 5.92 Å². The summed E-state index contributed by atoms with van der Waals surface area (Å²) >= 11 is 0. The zero-order chi connectivity index (χ0) is 12.4. The quantitative estimate of drug-likeness (QED) is 0.799. The first-order valence-electron chi connectivity index (χ1n) is 6.88. The van der Waals surface area contributed by atoms with Gasteiger partial charge in [-0.15, -0.1) is 0 Å². The monoisotopic (exact) mass is 240 g/mol. The Morgan fingerprint density at radius 2 is 1.94 bits per heavy atom. The Kier molecular flexibility index (Phi) is 3.28. The van der Waals surface area contributed by atoms with E-state index in [1.807, 2.05) is 12.3 Å². The van der Waals surface area contributed by atoms with Crippen molar-refractivity contribution in [3.8, 4) is 0 Å². The minimum absolute atomic E-state index is 0.895. The molecule has 1 saturated heterocycles. The minimum atomic E-state index is 0.895. The predicted octanol–water partition coefficient (Wildman–Crippen LogP) is 3.47. The van der Waals surface area contributed by atoms with E-state index >= 15 is 0 Å². The number of pyridine rings is 1. The van der Waals surface area contributed by atoms with Crippen molar-refractivity contribution in [2.24, 2.45) is 5.92 Å². The van der Waals surface area contributed by atoms with Crippen molar-refractivity contribution in [1.29, 1.82) is 0 Å². The summed E-state index contributed by atoms with van der Waals surface area (Å²) in [7, 11) is 0. The second-order valence-corrected chi connectivity index (χ2v) is 5.45. The summed E-state index contributed by atoms with van der Waals surface area (Å²) in [6, 6.07) is 10.7. The number of likely N-dealkylation sites (tertiary alicyclic amines) is 1. The van der Waals surface area contributed by atoms with Crippen LogP contribution in [0.3, 0.4) is 0 Å². The highest BCUT2D eigenvalue weighted by Gasteiger charge is 2.16. The van der Waals surface area contributed by atoms with Crippen LogP contribution >= 0.6 is 0 Å². The van der Waals surface area contributed by atoms with Gasteiger partial charge in [0.15, 0.2) is 0 Å². The average molecular weight is 240 g/mol. The lowest BCUT2D eigenvalue weighted by Crippen LogP contribution is -2.32. The lowest BCUT2D eigenvalue weighted by atomic mass is 9.98. The Bertz CT molecular complexity index is 522. The number of aromatic nitrogens is 1. The van der Waals surface area contributed by atoms with Crippen LogP contribution in [0.4, 0.5) is 0 Å². The Morgan fingerprint density at radius 3 is 2.78 bits per heavy atom. The fraction of sp³-hybridized carbons (Fsp3) is 0.438. The van der Waals surface area contributed by atoms with Gasteiger partial charge in [0.1, 0.15) is 0 Å². The van der Waals surface area contributed by atoms with Gasteiger partial charge in [-0.05, 0) is 43.5 Å². The van der Waals surface area contributed by atoms with Crippen LogP contribution in [-0.4, -0.2) is 23.0 Å². The second-order valence-electron chi connectivity index (χ2n) is 5.45. The van der Waals surface area contributed by atoms with Crippen molar-refractivity contribution >= 4 is 10.9 Å². The lowest BCUT2D eigenvalue weighted by molar-refractivity contribution is 0.186. The zero-order valence-corrected chi connectivity index (χ0v) is 11.0. The maximum Gasteiger partial charge on any atom is 0.0746 e. The number of piperidine rings is 1. The van der Waals surface area contributed by atoms with E-state index in [9.17, 15) is 0 Å². The summed E-state index contributed by atoms with van der Waals surface area (Å²) in [4.78, 5) is 7.09. The van der Waals surface area contributed by atoms with Gasteiger partial charge in [0.05, 0.1) is 5.52 Å². The molecule has 0 saturated carbocycles. The minimum Gasteiger partial charge on any atom is -0.299 e. The Balaban J connectivity index is 1.82. The molecule has 0 N–H and O–H groups in total. The molecule has 2 aromatic rings. The first kappa shape index (κ1) is 11.7. The van der Waals surface area contributed by atoms with Gasteiger partial charge in [0.25, 0.3) is 0 Å². The molecule has 0 unspecified atom stereocenters. The number of hydrogen-bond donors (Lipinski definition) is 0. The topological polar surface area (TPSA) is 16.1 Å². The molecule has 1 fully saturated rings. The molecule has 1 aliphatic heterocycles. The van der Waals surface area contributed by atoms with Gasteiger partial charge in [-0.3, -0.25) is 9.88 Å². The molecule has 94 valence electrons. The third-order valence-corrected chi connectivity index (χ3v) is 3.99. The highest BCUT2D eigenvalue weighted by molar-refractivity contribution is 5.81. The van der Waals surface area contributed by atoms with Gasteiger partial charge >= 0.3 is 0 Å². The van der Waals surface area contributed by atoms with Crippen LogP contribution < -0.4 is 0 Å². The van der Waals surface area contributed by atoms with Crippen LogP contribution in [0.5, 0.6) is 0 Å². The van der Waals surface area contributed by atoms with Gasteiger partial charge < -0.3 is 0 Å². The van der Waals surface area contributed by atoms with Crippen molar-refractivity contribution in [3.63, 3.8) is 0 Å². The third-order valence-electron chi connectivity index (χ3n) is 3.99. The van der Waals surface area contributed by atoms with E-state index in [-0.39, 0.29) is 0 Å². The number of fused-ring (bicyclic) bond motifs is 1. The summed E-state index contributed by atoms with van der Waals surface area (Å²) in [6.45, 7) is 5.85. The molecular weight excluding hydrogens is 220 g/mol. The molecule has 0 atom stereocenters. The maximum atomic E-state index is 4.53. The molecule has 1 aromatic heterocycles. The second kappa shape index (κ2) is 5.07. The molecule has 0 amide bonds. The average Bonchev–Trinajstić information content (AvgIpc) is 2.42. The number of para-hydroxylation sites is 1. The van der Waals surface area contributed by atoms with Crippen LogP contribution in [-0.2, 0) is 6.54 Å². The summed E-state index contributed by atoms with van der Waals surface area (Å²) < 4.78 is 0. The van der Waals surface area contributed by atoms with Crippen molar-refractivity contribution in [3.05, 3.63) is 42.1 Å². The van der Waals surface area contributed by atoms with Crippen LogP contribution in [0.2, 0.25) is 0 Å². The maximum absolute atomic E-state index is 4.53. The normalized spacial score (nSPS) is 18.3. The molecule has 0 radical (unpaired) electrons. The van der Waals surface area contributed by atoms with E-state index in [4.69, 9.17) is 0 Å².